The number of rotatable bonds is 5. The van der Waals surface area contributed by atoms with E-state index in [1.807, 2.05) is 38.4 Å². The highest BCUT2D eigenvalue weighted by molar-refractivity contribution is 7.78. The molecule has 0 spiro atoms. The smallest absolute Gasteiger partial charge is 0.119 e. The van der Waals surface area contributed by atoms with E-state index in [-0.39, 0.29) is 0 Å². The van der Waals surface area contributed by atoms with Gasteiger partial charge in [-0.2, -0.15) is 4.99 Å². The maximum Gasteiger partial charge on any atom is 0.119 e. The number of likely N-dealkylation sites (N-methyl/N-ethyl adjacent to an activating group) is 1. The topological polar surface area (TPSA) is 24.8 Å². The van der Waals surface area contributed by atoms with Gasteiger partial charge in [-0.1, -0.05) is 0 Å². The van der Waals surface area contributed by atoms with Gasteiger partial charge in [-0.15, -0.1) is 0 Å². The molecule has 1 rings (SSSR count). The van der Waals surface area contributed by atoms with Gasteiger partial charge in [0.25, 0.3) is 0 Å². The Kier molecular flexibility index (Phi) is 5.12. The minimum atomic E-state index is 0.388. The first kappa shape index (κ1) is 12.8. The average molecular weight is 236 g/mol. The average Bonchev–Trinajstić information content (AvgIpc) is 2.28. The summed E-state index contributed by atoms with van der Waals surface area (Å²) in [6.45, 7) is 2.79. The van der Waals surface area contributed by atoms with Crippen LogP contribution in [0.2, 0.25) is 0 Å². The number of aliphatic imine (C=N–C) groups is 1. The molecule has 0 radical (unpaired) electrons. The zero-order valence-electron chi connectivity index (χ0n) is 9.80. The Morgan fingerprint density at radius 1 is 1.38 bits per heavy atom. The van der Waals surface area contributed by atoms with Crippen LogP contribution in [-0.4, -0.2) is 36.8 Å². The van der Waals surface area contributed by atoms with Crippen LogP contribution < -0.4 is 4.74 Å². The van der Waals surface area contributed by atoms with E-state index in [0.717, 1.165) is 11.4 Å². The summed E-state index contributed by atoms with van der Waals surface area (Å²) in [5.74, 6) is 0.844. The number of hydrogen-bond acceptors (Lipinski definition) is 4. The lowest BCUT2D eigenvalue weighted by molar-refractivity contribution is 0.198. The molecule has 1 aromatic carbocycles. The van der Waals surface area contributed by atoms with Gasteiger partial charge in [-0.25, -0.2) is 0 Å². The van der Waals surface area contributed by atoms with Crippen molar-refractivity contribution in [2.75, 3.05) is 20.7 Å². The second-order valence-corrected chi connectivity index (χ2v) is 4.00. The lowest BCUT2D eigenvalue weighted by atomic mass is 10.3. The normalized spacial score (nSPS) is 12.0. The van der Waals surface area contributed by atoms with Crippen molar-refractivity contribution in [1.82, 2.24) is 4.90 Å². The molecule has 4 heteroatoms. The molecule has 0 saturated carbocycles. The second-order valence-electron chi connectivity index (χ2n) is 3.82. The van der Waals surface area contributed by atoms with E-state index in [1.54, 1.807) is 0 Å². The second kappa shape index (κ2) is 6.38. The molecule has 0 aliphatic heterocycles. The van der Waals surface area contributed by atoms with E-state index in [0.29, 0.717) is 12.6 Å². The van der Waals surface area contributed by atoms with Gasteiger partial charge in [0, 0.05) is 6.04 Å². The quantitative estimate of drug-likeness (QED) is 0.580. The highest BCUT2D eigenvalue weighted by Crippen LogP contribution is 2.17. The standard InChI is InChI=1S/C12H16N2OS/c1-10(14(2)3)8-15-12-6-4-11(5-7-12)13-9-16/h4-7,10H,8H2,1-3H3. The zero-order valence-corrected chi connectivity index (χ0v) is 10.6. The molecule has 3 nitrogen and oxygen atoms in total. The molecule has 0 fully saturated rings. The summed E-state index contributed by atoms with van der Waals surface area (Å²) in [6, 6.07) is 7.87. The Morgan fingerprint density at radius 3 is 2.50 bits per heavy atom. The number of nitrogens with zero attached hydrogens (tertiary/aromatic N) is 2. The Balaban J connectivity index is 2.52. The van der Waals surface area contributed by atoms with E-state index in [2.05, 4.69) is 34.2 Å². The van der Waals surface area contributed by atoms with E-state index >= 15 is 0 Å². The molecule has 86 valence electrons. The molecular formula is C12H16N2OS. The summed E-state index contributed by atoms with van der Waals surface area (Å²) in [7, 11) is 4.07. The lowest BCUT2D eigenvalue weighted by Crippen LogP contribution is -2.30. The molecule has 0 N–H and O–H groups in total. The Morgan fingerprint density at radius 2 is 2.00 bits per heavy atom. The molecule has 0 aliphatic rings. The van der Waals surface area contributed by atoms with Gasteiger partial charge < -0.3 is 9.64 Å². The number of ether oxygens (including phenoxy) is 1. The molecule has 0 aromatic heterocycles. The third-order valence-corrected chi connectivity index (χ3v) is 2.48. The molecule has 0 heterocycles. The van der Waals surface area contributed by atoms with Gasteiger partial charge in [0.2, 0.25) is 0 Å². The van der Waals surface area contributed by atoms with Crippen molar-refractivity contribution in [3.8, 4) is 5.75 Å². The molecule has 16 heavy (non-hydrogen) atoms. The van der Waals surface area contributed by atoms with Crippen LogP contribution in [0.1, 0.15) is 6.92 Å². The number of hydrogen-bond donors (Lipinski definition) is 0. The molecule has 0 amide bonds. The predicted octanol–water partition coefficient (Wildman–Crippen LogP) is 2.75. The fraction of sp³-hybridized carbons (Fsp3) is 0.417. The highest BCUT2D eigenvalue weighted by Gasteiger charge is 2.04. The molecule has 1 atom stereocenters. The molecule has 0 aliphatic carbocycles. The third kappa shape index (κ3) is 4.11. The highest BCUT2D eigenvalue weighted by atomic mass is 32.1. The minimum Gasteiger partial charge on any atom is -0.492 e. The third-order valence-electron chi connectivity index (χ3n) is 2.38. The number of benzene rings is 1. The first-order chi connectivity index (χ1) is 7.63. The fourth-order valence-corrected chi connectivity index (χ4v) is 1.14. The van der Waals surface area contributed by atoms with Crippen molar-refractivity contribution >= 4 is 23.1 Å². The fourth-order valence-electron chi connectivity index (χ4n) is 1.04. The SMILES string of the molecule is CC(COc1ccc(N=C=S)cc1)N(C)C. The summed E-state index contributed by atoms with van der Waals surface area (Å²) in [4.78, 5) is 5.99. The van der Waals surface area contributed by atoms with Crippen LogP contribution >= 0.6 is 12.2 Å². The maximum absolute atomic E-state index is 5.63. The van der Waals surface area contributed by atoms with Crippen molar-refractivity contribution < 1.29 is 4.74 Å². The van der Waals surface area contributed by atoms with Crippen molar-refractivity contribution in [3.05, 3.63) is 24.3 Å². The van der Waals surface area contributed by atoms with Gasteiger partial charge in [-0.05, 0) is 57.5 Å². The molecule has 1 aromatic rings. The minimum absolute atomic E-state index is 0.388. The zero-order chi connectivity index (χ0) is 12.0. The maximum atomic E-state index is 5.63. The Bertz CT molecular complexity index is 369. The van der Waals surface area contributed by atoms with E-state index in [4.69, 9.17) is 4.74 Å². The van der Waals surface area contributed by atoms with Gasteiger partial charge in [-0.3, -0.25) is 0 Å². The van der Waals surface area contributed by atoms with Gasteiger partial charge in [0.1, 0.15) is 12.4 Å². The van der Waals surface area contributed by atoms with Crippen LogP contribution in [-0.2, 0) is 0 Å². The largest absolute Gasteiger partial charge is 0.492 e. The molecule has 1 unspecified atom stereocenters. The lowest BCUT2D eigenvalue weighted by Gasteiger charge is -2.19. The van der Waals surface area contributed by atoms with Crippen LogP contribution in [0.5, 0.6) is 5.75 Å². The first-order valence-electron chi connectivity index (χ1n) is 5.10. The first-order valence-corrected chi connectivity index (χ1v) is 5.51. The summed E-state index contributed by atoms with van der Waals surface area (Å²) >= 11 is 4.53. The summed E-state index contributed by atoms with van der Waals surface area (Å²) in [6.07, 6.45) is 0. The van der Waals surface area contributed by atoms with Gasteiger partial charge in [0.15, 0.2) is 0 Å². The summed E-state index contributed by atoms with van der Waals surface area (Å²) < 4.78 is 5.63. The van der Waals surface area contributed by atoms with E-state index in [9.17, 15) is 0 Å². The van der Waals surface area contributed by atoms with Crippen molar-refractivity contribution in [3.63, 3.8) is 0 Å². The van der Waals surface area contributed by atoms with E-state index in [1.165, 1.54) is 0 Å². The predicted molar refractivity (Wildman–Crippen MR) is 69.8 cm³/mol. The molecular weight excluding hydrogens is 220 g/mol. The monoisotopic (exact) mass is 236 g/mol. The molecule has 0 bridgehead atoms. The Hall–Kier alpha value is -1.22. The van der Waals surface area contributed by atoms with Crippen molar-refractivity contribution in [2.24, 2.45) is 4.99 Å². The van der Waals surface area contributed by atoms with E-state index < -0.39 is 0 Å². The van der Waals surface area contributed by atoms with Gasteiger partial charge >= 0.3 is 0 Å². The van der Waals surface area contributed by atoms with Gasteiger partial charge in [0.05, 0.1) is 10.8 Å². The Labute approximate surface area is 102 Å². The summed E-state index contributed by atoms with van der Waals surface area (Å²) in [5.41, 5.74) is 0.794. The van der Waals surface area contributed by atoms with Crippen LogP contribution in [0, 0.1) is 0 Å². The number of isothiocyanates is 1. The number of thiocarbonyl (C=S) groups is 1. The summed E-state index contributed by atoms with van der Waals surface area (Å²) in [5, 5.41) is 2.33. The molecule has 0 saturated heterocycles. The van der Waals surface area contributed by atoms with Crippen LogP contribution in [0.3, 0.4) is 0 Å². The van der Waals surface area contributed by atoms with Crippen LogP contribution in [0.4, 0.5) is 5.69 Å². The van der Waals surface area contributed by atoms with Crippen molar-refractivity contribution in [1.29, 1.82) is 0 Å². The van der Waals surface area contributed by atoms with Crippen LogP contribution in [0.25, 0.3) is 0 Å². The van der Waals surface area contributed by atoms with Crippen LogP contribution in [0.15, 0.2) is 29.3 Å². The van der Waals surface area contributed by atoms with Crippen molar-refractivity contribution in [2.45, 2.75) is 13.0 Å².